The summed E-state index contributed by atoms with van der Waals surface area (Å²) in [6.45, 7) is 0. The van der Waals surface area contributed by atoms with E-state index in [9.17, 15) is 9.59 Å². The molecule has 1 aliphatic rings. The van der Waals surface area contributed by atoms with Crippen LogP contribution >= 0.6 is 35.0 Å². The summed E-state index contributed by atoms with van der Waals surface area (Å²) in [5, 5.41) is 0.640. The lowest BCUT2D eigenvalue weighted by atomic mass is 10.1. The maximum atomic E-state index is 12.7. The highest BCUT2D eigenvalue weighted by molar-refractivity contribution is 7.99. The van der Waals surface area contributed by atoms with Crippen LogP contribution in [0.25, 0.3) is 11.1 Å². The summed E-state index contributed by atoms with van der Waals surface area (Å²) in [6, 6.07) is 6.74. The number of rotatable bonds is 2. The van der Waals surface area contributed by atoms with E-state index in [4.69, 9.17) is 23.2 Å². The lowest BCUT2D eigenvalue weighted by Crippen LogP contribution is -2.39. The van der Waals surface area contributed by atoms with Crippen LogP contribution in [0.5, 0.6) is 0 Å². The quantitative estimate of drug-likeness (QED) is 0.852. The zero-order valence-electron chi connectivity index (χ0n) is 10.9. The maximum absolute atomic E-state index is 12.7. The zero-order valence-corrected chi connectivity index (χ0v) is 13.3. The molecule has 21 heavy (non-hydrogen) atoms. The number of halogens is 2. The Labute approximate surface area is 135 Å². The van der Waals surface area contributed by atoms with Crippen molar-refractivity contribution in [3.8, 4) is 11.1 Å². The lowest BCUT2D eigenvalue weighted by Gasteiger charge is -2.14. The van der Waals surface area contributed by atoms with Crippen LogP contribution in [0.1, 0.15) is 12.5 Å². The van der Waals surface area contributed by atoms with E-state index in [1.807, 2.05) is 0 Å². The van der Waals surface area contributed by atoms with Gasteiger partial charge in [-0.3, -0.25) is 14.3 Å². The molecule has 0 spiro atoms. The molecule has 1 aromatic heterocycles. The van der Waals surface area contributed by atoms with Crippen molar-refractivity contribution in [1.82, 2.24) is 9.55 Å². The Morgan fingerprint density at radius 2 is 1.90 bits per heavy atom. The van der Waals surface area contributed by atoms with Crippen molar-refractivity contribution >= 4 is 35.0 Å². The first-order valence-electron chi connectivity index (χ1n) is 6.46. The van der Waals surface area contributed by atoms with Gasteiger partial charge in [-0.1, -0.05) is 35.3 Å². The van der Waals surface area contributed by atoms with Crippen LogP contribution in [0.2, 0.25) is 10.2 Å². The minimum absolute atomic E-state index is 0.0641. The number of hydrogen-bond acceptors (Lipinski definition) is 3. The van der Waals surface area contributed by atoms with E-state index >= 15 is 0 Å². The van der Waals surface area contributed by atoms with Gasteiger partial charge in [-0.15, -0.1) is 0 Å². The summed E-state index contributed by atoms with van der Waals surface area (Å²) in [5.74, 6) is 1.72. The molecule has 0 amide bonds. The van der Waals surface area contributed by atoms with Gasteiger partial charge in [0.25, 0.3) is 5.56 Å². The van der Waals surface area contributed by atoms with E-state index in [2.05, 4.69) is 4.98 Å². The second-order valence-corrected chi connectivity index (χ2v) is 6.78. The summed E-state index contributed by atoms with van der Waals surface area (Å²) in [7, 11) is 0. The molecule has 110 valence electrons. The molecule has 0 bridgehead atoms. The van der Waals surface area contributed by atoms with Gasteiger partial charge in [0.15, 0.2) is 0 Å². The molecule has 1 fully saturated rings. The van der Waals surface area contributed by atoms with E-state index in [0.29, 0.717) is 16.1 Å². The van der Waals surface area contributed by atoms with Gasteiger partial charge in [-0.05, 0) is 29.9 Å². The minimum Gasteiger partial charge on any atom is -0.297 e. The third-order valence-corrected chi connectivity index (χ3v) is 5.17. The number of aromatic amines is 1. The van der Waals surface area contributed by atoms with Gasteiger partial charge in [0.1, 0.15) is 5.15 Å². The fourth-order valence-corrected chi connectivity index (χ4v) is 4.04. The van der Waals surface area contributed by atoms with E-state index < -0.39 is 5.69 Å². The summed E-state index contributed by atoms with van der Waals surface area (Å²) < 4.78 is 1.29. The molecule has 1 atom stereocenters. The number of H-pyrrole nitrogens is 1. The van der Waals surface area contributed by atoms with Gasteiger partial charge in [0.05, 0.1) is 11.6 Å². The highest BCUT2D eigenvalue weighted by Crippen LogP contribution is 2.28. The summed E-state index contributed by atoms with van der Waals surface area (Å²) in [4.78, 5) is 27.3. The number of benzene rings is 1. The first-order valence-corrected chi connectivity index (χ1v) is 8.37. The van der Waals surface area contributed by atoms with E-state index in [-0.39, 0.29) is 16.8 Å². The van der Waals surface area contributed by atoms with Crippen LogP contribution < -0.4 is 11.2 Å². The number of nitrogens with one attached hydrogen (secondary N) is 1. The summed E-state index contributed by atoms with van der Waals surface area (Å²) >= 11 is 13.7. The third kappa shape index (κ3) is 2.78. The van der Waals surface area contributed by atoms with Crippen LogP contribution in [0, 0.1) is 0 Å². The molecular formula is C14H12Cl2N2O2S. The Hall–Kier alpha value is -1.17. The molecule has 2 heterocycles. The predicted octanol–water partition coefficient (Wildman–Crippen LogP) is 3.19. The molecule has 3 rings (SSSR count). The van der Waals surface area contributed by atoms with Gasteiger partial charge in [0.2, 0.25) is 0 Å². The molecule has 1 N–H and O–H groups in total. The molecule has 2 aromatic rings. The largest absolute Gasteiger partial charge is 0.329 e. The van der Waals surface area contributed by atoms with Gasteiger partial charge >= 0.3 is 5.69 Å². The number of nitrogens with zero attached hydrogens (tertiary/aromatic N) is 1. The molecule has 0 saturated carbocycles. The van der Waals surface area contributed by atoms with Crippen molar-refractivity contribution in [3.05, 3.63) is 55.3 Å². The molecule has 7 heteroatoms. The van der Waals surface area contributed by atoms with E-state index in [0.717, 1.165) is 17.9 Å². The molecule has 1 saturated heterocycles. The number of thioether (sulfide) groups is 1. The second kappa shape index (κ2) is 5.91. The maximum Gasteiger partial charge on any atom is 0.329 e. The average molecular weight is 343 g/mol. The van der Waals surface area contributed by atoms with Gasteiger partial charge in [-0.2, -0.15) is 11.8 Å². The fourth-order valence-electron chi connectivity index (χ4n) is 2.45. The van der Waals surface area contributed by atoms with Gasteiger partial charge < -0.3 is 0 Å². The van der Waals surface area contributed by atoms with Gasteiger partial charge in [-0.25, -0.2) is 4.79 Å². The SMILES string of the molecule is O=c1[nH]c(Cl)c(-c2ccc(Cl)cc2)c(=O)n1C1CCSC1. The first-order chi connectivity index (χ1) is 10.1. The topological polar surface area (TPSA) is 54.9 Å². The van der Waals surface area contributed by atoms with Crippen LogP contribution in [0.15, 0.2) is 33.9 Å². The molecule has 1 aromatic carbocycles. The van der Waals surface area contributed by atoms with Crippen molar-refractivity contribution < 1.29 is 0 Å². The average Bonchev–Trinajstić information content (AvgIpc) is 2.94. The highest BCUT2D eigenvalue weighted by Gasteiger charge is 2.23. The zero-order chi connectivity index (χ0) is 15.0. The van der Waals surface area contributed by atoms with Crippen molar-refractivity contribution in [1.29, 1.82) is 0 Å². The van der Waals surface area contributed by atoms with Crippen LogP contribution in [0.3, 0.4) is 0 Å². The highest BCUT2D eigenvalue weighted by atomic mass is 35.5. The predicted molar refractivity (Wildman–Crippen MR) is 87.8 cm³/mol. The van der Waals surface area contributed by atoms with Crippen LogP contribution in [0.4, 0.5) is 0 Å². The minimum atomic E-state index is -0.449. The van der Waals surface area contributed by atoms with Crippen LogP contribution in [-0.2, 0) is 0 Å². The molecule has 0 aliphatic carbocycles. The van der Waals surface area contributed by atoms with E-state index in [1.54, 1.807) is 36.0 Å². The Kier molecular flexibility index (Phi) is 4.15. The summed E-state index contributed by atoms with van der Waals surface area (Å²) in [5.41, 5.74) is 0.156. The van der Waals surface area contributed by atoms with Crippen molar-refractivity contribution in [2.24, 2.45) is 0 Å². The second-order valence-electron chi connectivity index (χ2n) is 4.82. The van der Waals surface area contributed by atoms with Crippen molar-refractivity contribution in [2.45, 2.75) is 12.5 Å². The summed E-state index contributed by atoms with van der Waals surface area (Å²) in [6.07, 6.45) is 0.815. The Morgan fingerprint density at radius 1 is 1.19 bits per heavy atom. The Morgan fingerprint density at radius 3 is 2.52 bits per heavy atom. The molecule has 4 nitrogen and oxygen atoms in total. The molecular weight excluding hydrogens is 331 g/mol. The molecule has 1 aliphatic heterocycles. The number of hydrogen-bond donors (Lipinski definition) is 1. The first kappa shape index (κ1) is 14.8. The number of aromatic nitrogens is 2. The monoisotopic (exact) mass is 342 g/mol. The molecule has 0 radical (unpaired) electrons. The Bertz CT molecular complexity index is 777. The van der Waals surface area contributed by atoms with Gasteiger partial charge in [0, 0.05) is 10.8 Å². The fraction of sp³-hybridized carbons (Fsp3) is 0.286. The lowest BCUT2D eigenvalue weighted by molar-refractivity contribution is 0.515. The van der Waals surface area contributed by atoms with Crippen LogP contribution in [-0.4, -0.2) is 21.1 Å². The molecule has 1 unspecified atom stereocenters. The standard InChI is InChI=1S/C14H12Cl2N2O2S/c15-9-3-1-8(2-4-9)11-12(16)17-14(20)18(13(11)19)10-5-6-21-7-10/h1-4,10H,5-7H2,(H,17,20). The van der Waals surface area contributed by atoms with Crippen molar-refractivity contribution in [2.75, 3.05) is 11.5 Å². The smallest absolute Gasteiger partial charge is 0.297 e. The van der Waals surface area contributed by atoms with Crippen molar-refractivity contribution in [3.63, 3.8) is 0 Å². The third-order valence-electron chi connectivity index (χ3n) is 3.49. The Balaban J connectivity index is 2.21. The van der Waals surface area contributed by atoms with E-state index in [1.165, 1.54) is 4.57 Å². The normalized spacial score (nSPS) is 18.1.